The Morgan fingerprint density at radius 2 is 2.16 bits per heavy atom. The Labute approximate surface area is 111 Å². The van der Waals surface area contributed by atoms with Crippen molar-refractivity contribution in [3.05, 3.63) is 36.2 Å². The van der Waals surface area contributed by atoms with E-state index in [9.17, 15) is 4.79 Å². The van der Waals surface area contributed by atoms with E-state index in [0.29, 0.717) is 11.7 Å². The lowest BCUT2D eigenvalue weighted by molar-refractivity contribution is -0.118. The van der Waals surface area contributed by atoms with Gasteiger partial charge in [-0.25, -0.2) is 5.10 Å². The normalized spacial score (nSPS) is 10.2. The van der Waals surface area contributed by atoms with Crippen LogP contribution in [0.15, 0.2) is 30.6 Å². The van der Waals surface area contributed by atoms with Crippen LogP contribution in [0.25, 0.3) is 0 Å². The minimum Gasteiger partial charge on any atom is -0.484 e. The van der Waals surface area contributed by atoms with Gasteiger partial charge in [-0.1, -0.05) is 25.5 Å². The van der Waals surface area contributed by atoms with Crippen molar-refractivity contribution >= 4 is 11.9 Å². The molecule has 0 saturated carbocycles. The number of H-pyrrole nitrogens is 1. The number of anilines is 1. The SMILES string of the molecule is CCCc1ccc(OCC(=O)Nc2ncn[nH]2)cc1. The Balaban J connectivity index is 1.79. The third-order valence-corrected chi connectivity index (χ3v) is 2.50. The quantitative estimate of drug-likeness (QED) is 0.829. The summed E-state index contributed by atoms with van der Waals surface area (Å²) in [5.74, 6) is 0.703. The number of amides is 1. The van der Waals surface area contributed by atoms with Crippen molar-refractivity contribution in [3.8, 4) is 5.75 Å². The molecule has 19 heavy (non-hydrogen) atoms. The van der Waals surface area contributed by atoms with Crippen molar-refractivity contribution in [2.24, 2.45) is 0 Å². The lowest BCUT2D eigenvalue weighted by Gasteiger charge is -2.06. The first-order valence-corrected chi connectivity index (χ1v) is 6.15. The Morgan fingerprint density at radius 3 is 2.79 bits per heavy atom. The number of aromatic amines is 1. The van der Waals surface area contributed by atoms with Crippen LogP contribution in [-0.4, -0.2) is 27.7 Å². The lowest BCUT2D eigenvalue weighted by Crippen LogP contribution is -2.20. The zero-order valence-electron chi connectivity index (χ0n) is 10.7. The number of benzene rings is 1. The summed E-state index contributed by atoms with van der Waals surface area (Å²) in [4.78, 5) is 15.3. The molecule has 1 aromatic heterocycles. The lowest BCUT2D eigenvalue weighted by atomic mass is 10.1. The molecule has 2 rings (SSSR count). The second kappa shape index (κ2) is 6.53. The van der Waals surface area contributed by atoms with Gasteiger partial charge in [0.2, 0.25) is 5.95 Å². The average molecular weight is 260 g/mol. The molecule has 0 aliphatic carbocycles. The predicted molar refractivity (Wildman–Crippen MR) is 70.9 cm³/mol. The molecule has 0 unspecified atom stereocenters. The molecule has 1 aromatic carbocycles. The minimum absolute atomic E-state index is 0.0617. The van der Waals surface area contributed by atoms with Gasteiger partial charge in [-0.15, -0.1) is 0 Å². The van der Waals surface area contributed by atoms with Crippen LogP contribution >= 0.6 is 0 Å². The van der Waals surface area contributed by atoms with Crippen molar-refractivity contribution in [1.29, 1.82) is 0 Å². The molecule has 1 heterocycles. The Bertz CT molecular complexity index is 508. The van der Waals surface area contributed by atoms with Crippen LogP contribution in [-0.2, 0) is 11.2 Å². The molecule has 2 aromatic rings. The third kappa shape index (κ3) is 4.09. The summed E-state index contributed by atoms with van der Waals surface area (Å²) in [6.45, 7) is 2.08. The summed E-state index contributed by atoms with van der Waals surface area (Å²) >= 11 is 0. The van der Waals surface area contributed by atoms with E-state index in [1.165, 1.54) is 11.9 Å². The van der Waals surface area contributed by atoms with Crippen LogP contribution in [0.3, 0.4) is 0 Å². The van der Waals surface area contributed by atoms with Crippen LogP contribution in [0.1, 0.15) is 18.9 Å². The van der Waals surface area contributed by atoms with Crippen LogP contribution in [0, 0.1) is 0 Å². The van der Waals surface area contributed by atoms with E-state index >= 15 is 0 Å². The fourth-order valence-corrected chi connectivity index (χ4v) is 1.62. The number of hydrogen-bond acceptors (Lipinski definition) is 4. The van der Waals surface area contributed by atoms with Crippen molar-refractivity contribution in [2.75, 3.05) is 11.9 Å². The molecule has 0 spiro atoms. The van der Waals surface area contributed by atoms with Gasteiger partial charge in [-0.05, 0) is 24.1 Å². The zero-order valence-corrected chi connectivity index (χ0v) is 10.7. The molecular weight excluding hydrogens is 244 g/mol. The molecule has 6 heteroatoms. The highest BCUT2D eigenvalue weighted by molar-refractivity contribution is 5.90. The largest absolute Gasteiger partial charge is 0.484 e. The number of carbonyl (C=O) groups is 1. The van der Waals surface area contributed by atoms with Crippen LogP contribution in [0.2, 0.25) is 0 Å². The van der Waals surface area contributed by atoms with Gasteiger partial charge in [0.25, 0.3) is 5.91 Å². The molecule has 0 bridgehead atoms. The zero-order chi connectivity index (χ0) is 13.5. The summed E-state index contributed by atoms with van der Waals surface area (Å²) < 4.78 is 5.38. The molecular formula is C13H16N4O2. The van der Waals surface area contributed by atoms with Crippen molar-refractivity contribution in [1.82, 2.24) is 15.2 Å². The Kier molecular flexibility index (Phi) is 4.49. The molecule has 0 atom stereocenters. The van der Waals surface area contributed by atoms with Gasteiger partial charge >= 0.3 is 0 Å². The maximum absolute atomic E-state index is 11.5. The molecule has 0 aliphatic heterocycles. The topological polar surface area (TPSA) is 79.9 Å². The molecule has 0 radical (unpaired) electrons. The molecule has 0 aliphatic rings. The number of hydrogen-bond donors (Lipinski definition) is 2. The van der Waals surface area contributed by atoms with Gasteiger partial charge < -0.3 is 4.74 Å². The van der Waals surface area contributed by atoms with Crippen LogP contribution in [0.5, 0.6) is 5.75 Å². The first kappa shape index (κ1) is 13.1. The third-order valence-electron chi connectivity index (χ3n) is 2.50. The second-order valence-corrected chi connectivity index (χ2v) is 4.06. The van der Waals surface area contributed by atoms with Crippen LogP contribution in [0.4, 0.5) is 5.95 Å². The fourth-order valence-electron chi connectivity index (χ4n) is 1.62. The number of nitrogens with one attached hydrogen (secondary N) is 2. The van der Waals surface area contributed by atoms with Gasteiger partial charge in [0, 0.05) is 0 Å². The van der Waals surface area contributed by atoms with Crippen LogP contribution < -0.4 is 10.1 Å². The number of aryl methyl sites for hydroxylation is 1. The predicted octanol–water partition coefficient (Wildman–Crippen LogP) is 1.77. The number of nitrogens with zero attached hydrogens (tertiary/aromatic N) is 2. The molecule has 100 valence electrons. The van der Waals surface area contributed by atoms with Crippen molar-refractivity contribution in [2.45, 2.75) is 19.8 Å². The monoisotopic (exact) mass is 260 g/mol. The first-order chi connectivity index (χ1) is 9.28. The molecule has 6 nitrogen and oxygen atoms in total. The smallest absolute Gasteiger partial charge is 0.264 e. The summed E-state index contributed by atoms with van der Waals surface area (Å²) in [5.41, 5.74) is 1.26. The Morgan fingerprint density at radius 1 is 1.37 bits per heavy atom. The maximum Gasteiger partial charge on any atom is 0.264 e. The number of rotatable bonds is 6. The van der Waals surface area contributed by atoms with E-state index in [0.717, 1.165) is 12.8 Å². The summed E-state index contributed by atoms with van der Waals surface area (Å²) in [6, 6.07) is 7.75. The van der Waals surface area contributed by atoms with E-state index in [1.54, 1.807) is 0 Å². The maximum atomic E-state index is 11.5. The van der Waals surface area contributed by atoms with E-state index in [2.05, 4.69) is 27.4 Å². The standard InChI is InChI=1S/C13H16N4O2/c1-2-3-10-4-6-11(7-5-10)19-8-12(18)16-13-14-9-15-17-13/h4-7,9H,2-3,8H2,1H3,(H2,14,15,16,17,18). The van der Waals surface area contributed by atoms with E-state index in [-0.39, 0.29) is 12.5 Å². The highest BCUT2D eigenvalue weighted by Gasteiger charge is 2.05. The van der Waals surface area contributed by atoms with E-state index in [1.807, 2.05) is 24.3 Å². The number of ether oxygens (including phenoxy) is 1. The highest BCUT2D eigenvalue weighted by Crippen LogP contribution is 2.13. The first-order valence-electron chi connectivity index (χ1n) is 6.15. The molecule has 2 N–H and O–H groups in total. The molecule has 1 amide bonds. The van der Waals surface area contributed by atoms with Gasteiger partial charge in [-0.3, -0.25) is 10.1 Å². The summed E-state index contributed by atoms with van der Waals surface area (Å²) in [6.07, 6.45) is 3.48. The molecule has 0 saturated heterocycles. The minimum atomic E-state index is -0.283. The number of aromatic nitrogens is 3. The number of carbonyl (C=O) groups excluding carboxylic acids is 1. The second-order valence-electron chi connectivity index (χ2n) is 4.06. The Hall–Kier alpha value is -2.37. The van der Waals surface area contributed by atoms with Gasteiger partial charge in [0.1, 0.15) is 12.1 Å². The van der Waals surface area contributed by atoms with Crippen molar-refractivity contribution in [3.63, 3.8) is 0 Å². The molecule has 0 fully saturated rings. The summed E-state index contributed by atoms with van der Waals surface area (Å²) in [5, 5.41) is 8.70. The van der Waals surface area contributed by atoms with E-state index in [4.69, 9.17) is 4.74 Å². The fraction of sp³-hybridized carbons (Fsp3) is 0.308. The summed E-state index contributed by atoms with van der Waals surface area (Å²) in [7, 11) is 0. The highest BCUT2D eigenvalue weighted by atomic mass is 16.5. The van der Waals surface area contributed by atoms with E-state index < -0.39 is 0 Å². The van der Waals surface area contributed by atoms with Gasteiger partial charge in [0.15, 0.2) is 6.61 Å². The van der Waals surface area contributed by atoms with Gasteiger partial charge in [0.05, 0.1) is 0 Å². The average Bonchev–Trinajstić information content (AvgIpc) is 2.91. The van der Waals surface area contributed by atoms with Crippen molar-refractivity contribution < 1.29 is 9.53 Å². The van der Waals surface area contributed by atoms with Gasteiger partial charge in [-0.2, -0.15) is 10.1 Å².